The largest absolute Gasteiger partial charge is 0.508 e. The van der Waals surface area contributed by atoms with E-state index in [0.29, 0.717) is 63.5 Å². The Labute approximate surface area is 766 Å². The number of carbonyl (C=O) groups excluding carboxylic acids is 15. The van der Waals surface area contributed by atoms with E-state index in [0.717, 1.165) is 21.6 Å². The molecule has 3 aliphatic heterocycles. The molecule has 13 atom stereocenters. The number of nitrogens with two attached hydrogens (primary N) is 1. The summed E-state index contributed by atoms with van der Waals surface area (Å²) in [6.07, 6.45) is 0.481. The minimum Gasteiger partial charge on any atom is -0.508 e. The summed E-state index contributed by atoms with van der Waals surface area (Å²) < 4.78 is 0. The number of aromatic hydroxyl groups is 2. The lowest BCUT2D eigenvalue weighted by molar-refractivity contribution is -0.154. The van der Waals surface area contributed by atoms with E-state index in [1.807, 2.05) is 6.92 Å². The van der Waals surface area contributed by atoms with E-state index < -0.39 is 192 Å². The third kappa shape index (κ3) is 27.7. The molecule has 0 unspecified atom stereocenters. The Morgan fingerprint density at radius 2 is 1.00 bits per heavy atom. The van der Waals surface area contributed by atoms with E-state index in [1.165, 1.54) is 96.3 Å². The van der Waals surface area contributed by atoms with E-state index >= 15 is 52.7 Å². The molecule has 4 heterocycles. The highest BCUT2D eigenvalue weighted by Crippen LogP contribution is 2.30. The number of hydrogen-bond donors (Lipinski definition) is 13. The maximum Gasteiger partial charge on any atom is 0.246 e. The Hall–Kier alpha value is -13.2. The van der Waals surface area contributed by atoms with Gasteiger partial charge in [0.15, 0.2) is 0 Å². The number of rotatable bonds is 21. The smallest absolute Gasteiger partial charge is 0.246 e. The van der Waals surface area contributed by atoms with Crippen LogP contribution in [0, 0.1) is 11.8 Å². The zero-order valence-electron chi connectivity index (χ0n) is 75.4. The highest BCUT2D eigenvalue weighted by atomic mass is 32.2. The number of unbranched alkanes of at least 4 members (excludes halogenated alkanes) is 1. The van der Waals surface area contributed by atoms with Crippen LogP contribution in [0.15, 0.2) is 170 Å². The molecule has 10 rings (SSSR count). The van der Waals surface area contributed by atoms with Crippen LogP contribution >= 0.6 is 11.8 Å². The lowest BCUT2D eigenvalue weighted by atomic mass is 9.98. The van der Waals surface area contributed by atoms with Crippen LogP contribution in [0.2, 0.25) is 0 Å². The molecule has 3 fully saturated rings. The number of H-pyrrole nitrogens is 1. The van der Waals surface area contributed by atoms with E-state index in [1.54, 1.807) is 149 Å². The summed E-state index contributed by atoms with van der Waals surface area (Å²) in [6, 6.07) is 27.8. The minimum atomic E-state index is -1.58. The predicted octanol–water partition coefficient (Wildman–Crippen LogP) is 2.86. The lowest BCUT2D eigenvalue weighted by Gasteiger charge is -2.38. The number of aliphatic hydroxyl groups is 1. The molecule has 34 nitrogen and oxygen atoms in total. The molecule has 3 aliphatic rings. The molecular formula is C96H122N16O18S. The number of aliphatic hydroxyl groups excluding tert-OH is 1. The highest BCUT2D eigenvalue weighted by Gasteiger charge is 2.49. The summed E-state index contributed by atoms with van der Waals surface area (Å²) in [6.45, 7) is 7.02. The van der Waals surface area contributed by atoms with Crippen molar-refractivity contribution in [1.29, 1.82) is 0 Å². The van der Waals surface area contributed by atoms with Gasteiger partial charge in [0.2, 0.25) is 88.6 Å². The average molecular weight is 1820 g/mol. The highest BCUT2D eigenvalue weighted by molar-refractivity contribution is 8.00. The van der Waals surface area contributed by atoms with Gasteiger partial charge in [-0.2, -0.15) is 0 Å². The number of hydrogen-bond acceptors (Lipinski definition) is 19. The minimum absolute atomic E-state index is 0.0577. The summed E-state index contributed by atoms with van der Waals surface area (Å²) in [5.74, 6) is -14.4. The van der Waals surface area contributed by atoms with Crippen LogP contribution in [0.5, 0.6) is 11.5 Å². The van der Waals surface area contributed by atoms with Gasteiger partial charge >= 0.3 is 0 Å². The number of primary amides is 1. The second-order valence-electron chi connectivity index (χ2n) is 34.7. The molecule has 7 aromatic rings. The molecule has 0 bridgehead atoms. The number of aromatic nitrogens is 1. The Balaban J connectivity index is 1.04. The van der Waals surface area contributed by atoms with Gasteiger partial charge in [-0.1, -0.05) is 181 Å². The summed E-state index contributed by atoms with van der Waals surface area (Å²) in [5.41, 5.74) is 9.33. The fourth-order valence-electron chi connectivity index (χ4n) is 16.7. The van der Waals surface area contributed by atoms with Gasteiger partial charge in [0, 0.05) is 109 Å². The van der Waals surface area contributed by atoms with Gasteiger partial charge in [0.05, 0.1) is 24.9 Å². The average Bonchev–Trinajstić information content (AvgIpc) is 1.65. The van der Waals surface area contributed by atoms with Crippen molar-refractivity contribution in [3.63, 3.8) is 0 Å². The number of para-hydroxylation sites is 1. The van der Waals surface area contributed by atoms with Gasteiger partial charge in [-0.3, -0.25) is 71.9 Å². The summed E-state index contributed by atoms with van der Waals surface area (Å²) in [4.78, 5) is 236. The van der Waals surface area contributed by atoms with Crippen LogP contribution in [-0.4, -0.2) is 283 Å². The van der Waals surface area contributed by atoms with Crippen LogP contribution in [0.1, 0.15) is 113 Å². The molecule has 3 saturated heterocycles. The number of nitrogens with zero attached hydrogens (tertiary/aromatic N) is 6. The summed E-state index contributed by atoms with van der Waals surface area (Å²) >= 11 is 0.851. The van der Waals surface area contributed by atoms with Crippen LogP contribution in [0.4, 0.5) is 0 Å². The van der Waals surface area contributed by atoms with Gasteiger partial charge in [-0.25, -0.2) is 0 Å². The third-order valence-corrected chi connectivity index (χ3v) is 25.0. The fourth-order valence-corrected chi connectivity index (χ4v) is 17.6. The van der Waals surface area contributed by atoms with Crippen molar-refractivity contribution in [1.82, 2.24) is 76.9 Å². The molecule has 15 amide bonds. The Kier molecular flexibility index (Phi) is 36.2. The molecule has 700 valence electrons. The van der Waals surface area contributed by atoms with Crippen LogP contribution in [-0.2, 0) is 110 Å². The molecule has 14 N–H and O–H groups in total. The Morgan fingerprint density at radius 3 is 1.58 bits per heavy atom. The standard InChI is InChI=1S/C96H122N16O18S/c1-10-11-32-76-94(128)111-42-23-33-77(111)95(129)112-53-67(115)50-79(112)90(124)106-84(58(4)5)96(130)109(8)78(47-60-26-17-13-18-27-60)89(123)104-73(46-63-36-40-66(114)41-37-63)91(125)107(6)54-82(117)100-72(49-64-51-98-69-31-22-21-30-68(64)69)88(122)103-71(44-62-34-38-65(113)39-35-62)87(121)102-70(43-57(2)3)86(120)105-75(85(119)99-52-81(97)116)55-131-56-83(118)101-74(45-59-24-15-12-16-25-59)92(126)110(9)80(93(127)108(76)7)48-61-28-19-14-20-29-61/h12-22,24-31,34-41,51,57-58,67,70-80,84,98,113-115H,10-11,23,32-33,42-50,52-56H2,1-9H3,(H2,97,116)(H,99,119)(H,100,117)(H,101,118)(H,102,121)(H,103,122)(H,104,123)(H,105,120)(H,106,124)/t67-,70+,71+,72+,73+,74+,75+,76+,77-,78+,79+,80+,84+/m1/s1. The second-order valence-corrected chi connectivity index (χ2v) is 35.8. The van der Waals surface area contributed by atoms with Crippen molar-refractivity contribution in [2.45, 2.75) is 197 Å². The number of fused-ring (bicyclic) bond motifs is 3. The van der Waals surface area contributed by atoms with Gasteiger partial charge < -0.3 is 98.0 Å². The van der Waals surface area contributed by atoms with Crippen molar-refractivity contribution >= 4 is 111 Å². The van der Waals surface area contributed by atoms with Gasteiger partial charge in [-0.05, 0) is 101 Å². The van der Waals surface area contributed by atoms with Crippen molar-refractivity contribution < 1.29 is 87.2 Å². The third-order valence-electron chi connectivity index (χ3n) is 24.0. The van der Waals surface area contributed by atoms with Gasteiger partial charge in [0.25, 0.3) is 0 Å². The number of phenolic OH excluding ortho intramolecular Hbond substituents is 2. The second kappa shape index (κ2) is 47.4. The van der Waals surface area contributed by atoms with E-state index in [2.05, 4.69) is 47.5 Å². The molecule has 35 heteroatoms. The summed E-state index contributed by atoms with van der Waals surface area (Å²) in [7, 11) is 5.52. The van der Waals surface area contributed by atoms with Crippen molar-refractivity contribution in [2.24, 2.45) is 17.6 Å². The maximum absolute atomic E-state index is 15.8. The molecular weight excluding hydrogens is 1700 g/mol. The first-order valence-corrected chi connectivity index (χ1v) is 45.5. The molecule has 131 heavy (non-hydrogen) atoms. The number of likely N-dealkylation sites (N-methyl/N-ethyl adjacent to an activating group) is 4. The number of benzene rings is 6. The summed E-state index contributed by atoms with van der Waals surface area (Å²) in [5, 5.41) is 54.9. The number of phenols is 2. The normalized spacial score (nSPS) is 23.8. The number of carbonyl (C=O) groups is 15. The van der Waals surface area contributed by atoms with Gasteiger partial charge in [-0.15, -0.1) is 11.8 Å². The number of thioether (sulfide) groups is 1. The van der Waals surface area contributed by atoms with Gasteiger partial charge in [0.1, 0.15) is 84.0 Å². The lowest BCUT2D eigenvalue weighted by Crippen LogP contribution is -2.61. The molecule has 0 saturated carbocycles. The first-order valence-electron chi connectivity index (χ1n) is 44.4. The molecule has 0 spiro atoms. The maximum atomic E-state index is 15.8. The van der Waals surface area contributed by atoms with Crippen molar-refractivity contribution in [3.05, 3.63) is 203 Å². The molecule has 6 aromatic carbocycles. The molecule has 1 aromatic heterocycles. The fraction of sp³-hybridized carbons (Fsp3) is 0.448. The number of nitrogens with one attached hydrogen (secondary N) is 9. The monoisotopic (exact) mass is 1820 g/mol. The SMILES string of the molecule is CCCC[C@H]1C(=O)N2CCC[C@@H]2C(=O)N2C[C@H](O)C[C@H]2C(=O)N[C@@H](C(C)C)C(=O)N(C)[C@@H](Cc2ccccc2)C(=O)N[C@@H](Cc2ccc(O)cc2)C(=O)N(C)CC(=O)N[C@@H](Cc2c[nH]c3ccccc23)C(=O)N[C@@H](Cc2ccc(O)cc2)C(=O)N[C@@H](CC(C)C)C(=O)N[C@H](C(=O)NCC(N)=O)CSCC(=O)N[C@@H](Cc2ccccc2)C(=O)N(C)[C@@H](Cc2ccccc2)C(=O)N1C. The zero-order chi connectivity index (χ0) is 94.9. The van der Waals surface area contributed by atoms with Crippen LogP contribution in [0.25, 0.3) is 10.9 Å². The first-order chi connectivity index (χ1) is 62.5. The predicted molar refractivity (Wildman–Crippen MR) is 491 cm³/mol. The van der Waals surface area contributed by atoms with Crippen molar-refractivity contribution in [3.8, 4) is 11.5 Å². The first kappa shape index (κ1) is 100.0. The number of amides is 15. The van der Waals surface area contributed by atoms with E-state index in [-0.39, 0.29) is 100 Å². The Morgan fingerprint density at radius 1 is 0.496 bits per heavy atom. The van der Waals surface area contributed by atoms with Crippen molar-refractivity contribution in [2.75, 3.05) is 65.9 Å². The Bertz CT molecular complexity index is 5170. The van der Waals surface area contributed by atoms with Crippen LogP contribution in [0.3, 0.4) is 0 Å². The topological polar surface area (TPSA) is 474 Å². The number of aromatic amines is 1. The molecule has 0 aliphatic carbocycles. The van der Waals surface area contributed by atoms with Crippen LogP contribution < -0.4 is 48.3 Å². The van der Waals surface area contributed by atoms with E-state index in [9.17, 15) is 34.5 Å². The molecule has 0 radical (unpaired) electrons. The van der Waals surface area contributed by atoms with E-state index in [4.69, 9.17) is 5.73 Å². The zero-order valence-corrected chi connectivity index (χ0v) is 76.2. The quantitative estimate of drug-likeness (QED) is 0.0492.